The smallest absolute Gasteiger partial charge is 0.341 e. The molecule has 1 heterocycles. The Balaban J connectivity index is 0.00000264. The maximum absolute atomic E-state index is 11.0. The van der Waals surface area contributed by atoms with Gasteiger partial charge in [0.15, 0.2) is 18.9 Å². The van der Waals surface area contributed by atoms with E-state index in [2.05, 4.69) is 0 Å². The molecule has 0 saturated heterocycles. The maximum Gasteiger partial charge on any atom is 0.341 e. The number of aromatic nitrogens is 1. The van der Waals surface area contributed by atoms with Crippen molar-refractivity contribution in [3.8, 4) is 0 Å². The molecule has 120 valence electrons. The van der Waals surface area contributed by atoms with E-state index in [0.717, 1.165) is 6.07 Å². The molecule has 0 bridgehead atoms. The maximum atomic E-state index is 11.0. The van der Waals surface area contributed by atoms with Crippen LogP contribution in [0.1, 0.15) is 36.6 Å². The van der Waals surface area contributed by atoms with Crippen LogP contribution in [0.4, 0.5) is 0 Å². The summed E-state index contributed by atoms with van der Waals surface area (Å²) < 4.78 is 1.43. The van der Waals surface area contributed by atoms with E-state index < -0.39 is 17.9 Å². The number of benzene rings is 1. The topological polar surface area (TPSA) is 116 Å². The predicted molar refractivity (Wildman–Crippen MR) is 73.1 cm³/mol. The van der Waals surface area contributed by atoms with E-state index in [0.29, 0.717) is 5.56 Å². The van der Waals surface area contributed by atoms with Crippen molar-refractivity contribution in [3.63, 3.8) is 0 Å². The van der Waals surface area contributed by atoms with Crippen molar-refractivity contribution in [2.45, 2.75) is 6.54 Å². The number of aromatic carboxylic acids is 3. The third kappa shape index (κ3) is 4.62. The van der Waals surface area contributed by atoms with Crippen molar-refractivity contribution in [3.05, 3.63) is 65.0 Å². The molecule has 0 aliphatic rings. The van der Waals surface area contributed by atoms with Crippen molar-refractivity contribution in [2.24, 2.45) is 0 Å². The highest BCUT2D eigenvalue weighted by atomic mass is 79.9. The zero-order valence-corrected chi connectivity index (χ0v) is 13.2. The first-order chi connectivity index (χ1) is 10.4. The summed E-state index contributed by atoms with van der Waals surface area (Å²) in [4.78, 5) is 32.8. The summed E-state index contributed by atoms with van der Waals surface area (Å²) in [6, 6.07) is 7.11. The molecule has 1 aromatic carbocycles. The van der Waals surface area contributed by atoms with Gasteiger partial charge in [0.05, 0.1) is 5.56 Å². The van der Waals surface area contributed by atoms with Gasteiger partial charge in [0.1, 0.15) is 11.1 Å². The van der Waals surface area contributed by atoms with E-state index in [1.165, 1.54) is 29.1 Å². The minimum Gasteiger partial charge on any atom is -1.00 e. The van der Waals surface area contributed by atoms with Crippen molar-refractivity contribution in [2.75, 3.05) is 0 Å². The first-order valence-electron chi connectivity index (χ1n) is 6.20. The zero-order chi connectivity index (χ0) is 16.3. The van der Waals surface area contributed by atoms with Crippen LogP contribution in [0.3, 0.4) is 0 Å². The molecule has 0 amide bonds. The number of carboxylic acid groups (broad SMARTS) is 3. The summed E-state index contributed by atoms with van der Waals surface area (Å²) in [6.07, 6.45) is 2.64. The molecule has 0 aliphatic heterocycles. The van der Waals surface area contributed by atoms with Gasteiger partial charge in [-0.3, -0.25) is 0 Å². The fourth-order valence-corrected chi connectivity index (χ4v) is 1.93. The molecule has 0 spiro atoms. The first-order valence-corrected chi connectivity index (χ1v) is 6.20. The van der Waals surface area contributed by atoms with E-state index in [9.17, 15) is 14.4 Å². The summed E-state index contributed by atoms with van der Waals surface area (Å²) in [5.74, 6) is -3.49. The molecule has 0 fully saturated rings. The van der Waals surface area contributed by atoms with E-state index >= 15 is 0 Å². The Morgan fingerprint density at radius 2 is 1.22 bits per heavy atom. The van der Waals surface area contributed by atoms with Crippen LogP contribution in [-0.4, -0.2) is 33.2 Å². The number of hydrogen-bond acceptors (Lipinski definition) is 3. The summed E-state index contributed by atoms with van der Waals surface area (Å²) in [7, 11) is 0. The van der Waals surface area contributed by atoms with E-state index in [1.807, 2.05) is 0 Å². The van der Waals surface area contributed by atoms with Gasteiger partial charge in [-0.25, -0.2) is 14.4 Å². The molecule has 0 aliphatic carbocycles. The minimum atomic E-state index is -1.22. The summed E-state index contributed by atoms with van der Waals surface area (Å²) >= 11 is 0. The summed E-state index contributed by atoms with van der Waals surface area (Å²) in [5, 5.41) is 26.8. The van der Waals surface area contributed by atoms with Gasteiger partial charge in [-0.05, 0) is 18.2 Å². The standard InChI is InChI=1S/C15H11NO6.BrH/c17-13(18)10-3-1-9(2-4-10)6-16-7-11(14(19)20)5-12(8-16)15(21)22;/h1-5,7-8H,6H2,(H2-,17,18,19,20,21,22);1H. The molecular formula is C15H12BrNO6. The number of pyridine rings is 1. The van der Waals surface area contributed by atoms with Crippen molar-refractivity contribution in [1.82, 2.24) is 0 Å². The molecule has 0 atom stereocenters. The Hall–Kier alpha value is -2.74. The van der Waals surface area contributed by atoms with Gasteiger partial charge in [-0.2, -0.15) is 4.57 Å². The van der Waals surface area contributed by atoms with Gasteiger partial charge in [-0.1, -0.05) is 12.1 Å². The normalized spacial score (nSPS) is 9.74. The number of rotatable bonds is 5. The van der Waals surface area contributed by atoms with Crippen LogP contribution in [0.25, 0.3) is 0 Å². The first kappa shape index (κ1) is 18.3. The van der Waals surface area contributed by atoms with Crippen molar-refractivity contribution >= 4 is 17.9 Å². The van der Waals surface area contributed by atoms with Gasteiger partial charge in [0, 0.05) is 5.56 Å². The number of nitrogens with zero attached hydrogens (tertiary/aromatic N) is 1. The molecule has 0 radical (unpaired) electrons. The molecular weight excluding hydrogens is 370 g/mol. The number of carbonyl (C=O) groups is 3. The van der Waals surface area contributed by atoms with Crippen LogP contribution < -0.4 is 21.5 Å². The van der Waals surface area contributed by atoms with Crippen LogP contribution in [-0.2, 0) is 6.54 Å². The molecule has 0 unspecified atom stereocenters. The fraction of sp³-hybridized carbons (Fsp3) is 0.0667. The number of halogens is 1. The van der Waals surface area contributed by atoms with Gasteiger partial charge in [-0.15, -0.1) is 0 Å². The Kier molecular flexibility index (Phi) is 5.97. The van der Waals surface area contributed by atoms with Gasteiger partial charge < -0.3 is 32.3 Å². The lowest BCUT2D eigenvalue weighted by molar-refractivity contribution is -0.688. The quantitative estimate of drug-likeness (QED) is 0.522. The summed E-state index contributed by atoms with van der Waals surface area (Å²) in [5.41, 5.74) is 0.581. The highest BCUT2D eigenvalue weighted by Crippen LogP contribution is 2.06. The predicted octanol–water partition coefficient (Wildman–Crippen LogP) is -1.88. The Morgan fingerprint density at radius 3 is 1.61 bits per heavy atom. The van der Waals surface area contributed by atoms with Gasteiger partial charge in [0.2, 0.25) is 0 Å². The summed E-state index contributed by atoms with van der Waals surface area (Å²) in [6.45, 7) is 0.224. The highest BCUT2D eigenvalue weighted by molar-refractivity contribution is 5.92. The third-order valence-corrected chi connectivity index (χ3v) is 2.98. The zero-order valence-electron chi connectivity index (χ0n) is 11.6. The van der Waals surface area contributed by atoms with Crippen LogP contribution in [0, 0.1) is 0 Å². The lowest BCUT2D eigenvalue weighted by Crippen LogP contribution is -3.00. The second-order valence-corrected chi connectivity index (χ2v) is 4.60. The highest BCUT2D eigenvalue weighted by Gasteiger charge is 2.17. The lowest BCUT2D eigenvalue weighted by atomic mass is 10.1. The van der Waals surface area contributed by atoms with Crippen molar-refractivity contribution in [1.29, 1.82) is 0 Å². The van der Waals surface area contributed by atoms with Crippen LogP contribution in [0.2, 0.25) is 0 Å². The Bertz CT molecular complexity index is 725. The van der Waals surface area contributed by atoms with Gasteiger partial charge in [0.25, 0.3) is 0 Å². The number of hydrogen-bond donors (Lipinski definition) is 3. The molecule has 7 nitrogen and oxygen atoms in total. The largest absolute Gasteiger partial charge is 1.00 e. The van der Waals surface area contributed by atoms with Crippen LogP contribution >= 0.6 is 0 Å². The minimum absolute atomic E-state index is 0. The Morgan fingerprint density at radius 1 is 0.783 bits per heavy atom. The van der Waals surface area contributed by atoms with E-state index in [-0.39, 0.29) is 40.2 Å². The second-order valence-electron chi connectivity index (χ2n) is 4.60. The second kappa shape index (κ2) is 7.50. The van der Waals surface area contributed by atoms with Gasteiger partial charge >= 0.3 is 17.9 Å². The molecule has 8 heteroatoms. The van der Waals surface area contributed by atoms with E-state index in [4.69, 9.17) is 15.3 Å². The average Bonchev–Trinajstić information content (AvgIpc) is 2.47. The molecule has 2 aromatic rings. The third-order valence-electron chi connectivity index (χ3n) is 2.98. The van der Waals surface area contributed by atoms with Crippen LogP contribution in [0.15, 0.2) is 42.7 Å². The van der Waals surface area contributed by atoms with Crippen LogP contribution in [0.5, 0.6) is 0 Å². The average molecular weight is 382 g/mol. The van der Waals surface area contributed by atoms with Crippen molar-refractivity contribution < 1.29 is 51.3 Å². The molecule has 0 saturated carbocycles. The SMILES string of the molecule is O=C(O)c1ccc(C[n+]2cc(C(=O)O)cc(C(=O)O)c2)cc1.[Br-]. The Labute approximate surface area is 141 Å². The number of carboxylic acids is 3. The molecule has 2 rings (SSSR count). The molecule has 23 heavy (non-hydrogen) atoms. The van der Waals surface area contributed by atoms with E-state index in [1.54, 1.807) is 12.1 Å². The molecule has 1 aromatic heterocycles. The monoisotopic (exact) mass is 381 g/mol. The lowest BCUT2D eigenvalue weighted by Gasteiger charge is -2.02. The fourth-order valence-electron chi connectivity index (χ4n) is 1.93. The molecule has 3 N–H and O–H groups in total.